The molecule has 0 aromatic heterocycles. The second kappa shape index (κ2) is 13.0. The van der Waals surface area contributed by atoms with E-state index in [4.69, 9.17) is 4.74 Å². The molecule has 0 bridgehead atoms. The fourth-order valence-corrected chi connectivity index (χ4v) is 6.43. The Hall–Kier alpha value is -1.66. The maximum atomic E-state index is 12.9. The van der Waals surface area contributed by atoms with Crippen molar-refractivity contribution in [1.82, 2.24) is 0 Å². The van der Waals surface area contributed by atoms with Crippen LogP contribution in [0.4, 0.5) is 0 Å². The number of aliphatic hydroxyl groups excluding tert-OH is 2. The zero-order valence-corrected chi connectivity index (χ0v) is 22.6. The molecule has 9 atom stereocenters. The third-order valence-corrected chi connectivity index (χ3v) is 8.37. The summed E-state index contributed by atoms with van der Waals surface area (Å²) in [6.45, 7) is 12.2. The van der Waals surface area contributed by atoms with E-state index in [1.54, 1.807) is 0 Å². The molecule has 0 amide bonds. The van der Waals surface area contributed by atoms with Gasteiger partial charge in [-0.25, -0.2) is 0 Å². The number of allylic oxidation sites excluding steroid dienone is 2. The summed E-state index contributed by atoms with van der Waals surface area (Å²) >= 11 is 0. The van der Waals surface area contributed by atoms with E-state index in [0.29, 0.717) is 31.1 Å². The van der Waals surface area contributed by atoms with Gasteiger partial charge in [-0.2, -0.15) is 0 Å². The van der Waals surface area contributed by atoms with Gasteiger partial charge in [0.25, 0.3) is 0 Å². The number of carbonyl (C=O) groups is 2. The van der Waals surface area contributed by atoms with Gasteiger partial charge in [0.15, 0.2) is 0 Å². The molecule has 0 saturated heterocycles. The van der Waals surface area contributed by atoms with E-state index in [1.165, 1.54) is 0 Å². The summed E-state index contributed by atoms with van der Waals surface area (Å²) < 4.78 is 5.99. The number of esters is 1. The first kappa shape index (κ1) is 29.6. The van der Waals surface area contributed by atoms with Crippen LogP contribution in [0.5, 0.6) is 0 Å². The standard InChI is InChI=1S/C29H48O6/c1-18-14-19(2)16-22(5)27(32)20(3)10-7-8-13-29(6,24-12-9-11-23(24)28(33)34)35-26(31)17-25(30)21(4)15-18/h7-8,10,18-19,21-25,27,30,32H,9,11-17H2,1-6H3,(H,33,34)/b8-7+,20-10-/t18-,19+,21-,22-,23+,24?,25-,27-,29?/m0/s1. The van der Waals surface area contributed by atoms with Crippen LogP contribution in [0.3, 0.4) is 0 Å². The minimum Gasteiger partial charge on any atom is -0.481 e. The summed E-state index contributed by atoms with van der Waals surface area (Å²) in [6, 6.07) is 0. The molecule has 0 aromatic rings. The molecular weight excluding hydrogens is 444 g/mol. The van der Waals surface area contributed by atoms with Gasteiger partial charge in [-0.15, -0.1) is 0 Å². The number of hydrogen-bond donors (Lipinski definition) is 3. The molecule has 2 unspecified atom stereocenters. The van der Waals surface area contributed by atoms with E-state index in [2.05, 4.69) is 20.8 Å². The number of aliphatic hydroxyl groups is 2. The van der Waals surface area contributed by atoms with Crippen LogP contribution >= 0.6 is 0 Å². The van der Waals surface area contributed by atoms with E-state index in [9.17, 15) is 24.9 Å². The summed E-state index contributed by atoms with van der Waals surface area (Å²) in [6.07, 6.45) is 9.40. The second-order valence-corrected chi connectivity index (χ2v) is 11.9. The Morgan fingerprint density at radius 1 is 1.03 bits per heavy atom. The molecule has 1 aliphatic carbocycles. The number of aliphatic carboxylic acids is 1. The predicted octanol–water partition coefficient (Wildman–Crippen LogP) is 5.52. The average Bonchev–Trinajstić information content (AvgIpc) is 3.26. The molecule has 1 heterocycles. The van der Waals surface area contributed by atoms with E-state index in [0.717, 1.165) is 31.3 Å². The van der Waals surface area contributed by atoms with Gasteiger partial charge in [0, 0.05) is 12.3 Å². The third-order valence-electron chi connectivity index (χ3n) is 8.37. The molecule has 2 rings (SSSR count). The lowest BCUT2D eigenvalue weighted by atomic mass is 9.78. The highest BCUT2D eigenvalue weighted by atomic mass is 16.6. The lowest BCUT2D eigenvalue weighted by Crippen LogP contribution is -2.43. The number of hydrogen-bond acceptors (Lipinski definition) is 5. The Bertz CT molecular complexity index is 773. The lowest BCUT2D eigenvalue weighted by molar-refractivity contribution is -0.172. The molecule has 2 aliphatic rings. The van der Waals surface area contributed by atoms with Gasteiger partial charge in [-0.05, 0) is 75.2 Å². The van der Waals surface area contributed by atoms with Crippen LogP contribution in [0, 0.1) is 35.5 Å². The van der Waals surface area contributed by atoms with Crippen molar-refractivity contribution in [3.05, 3.63) is 23.8 Å². The molecule has 6 heteroatoms. The largest absolute Gasteiger partial charge is 0.481 e. The lowest BCUT2D eigenvalue weighted by Gasteiger charge is -2.37. The van der Waals surface area contributed by atoms with Crippen LogP contribution < -0.4 is 0 Å². The van der Waals surface area contributed by atoms with Crippen molar-refractivity contribution in [3.63, 3.8) is 0 Å². The van der Waals surface area contributed by atoms with Crippen LogP contribution in [0.2, 0.25) is 0 Å². The maximum Gasteiger partial charge on any atom is 0.308 e. The van der Waals surface area contributed by atoms with Crippen LogP contribution in [0.25, 0.3) is 0 Å². The van der Waals surface area contributed by atoms with Crippen molar-refractivity contribution in [2.24, 2.45) is 35.5 Å². The van der Waals surface area contributed by atoms with Crippen molar-refractivity contribution in [2.75, 3.05) is 0 Å². The molecule has 0 spiro atoms. The minimum absolute atomic E-state index is 0.0544. The second-order valence-electron chi connectivity index (χ2n) is 11.9. The molecular formula is C29H48O6. The quantitative estimate of drug-likeness (QED) is 0.438. The molecule has 1 saturated carbocycles. The number of ether oxygens (including phenoxy) is 1. The summed E-state index contributed by atoms with van der Waals surface area (Å²) in [5.41, 5.74) is -0.0902. The fraction of sp³-hybridized carbons (Fsp3) is 0.793. The van der Waals surface area contributed by atoms with Crippen molar-refractivity contribution in [2.45, 2.75) is 111 Å². The molecule has 1 fully saturated rings. The van der Waals surface area contributed by atoms with Gasteiger partial charge in [0.05, 0.1) is 24.5 Å². The van der Waals surface area contributed by atoms with E-state index in [1.807, 2.05) is 39.0 Å². The summed E-state index contributed by atoms with van der Waals surface area (Å²) in [5.74, 6) is -1.26. The van der Waals surface area contributed by atoms with E-state index >= 15 is 0 Å². The van der Waals surface area contributed by atoms with Gasteiger partial charge >= 0.3 is 11.9 Å². The molecule has 6 nitrogen and oxygen atoms in total. The minimum atomic E-state index is -0.974. The first-order chi connectivity index (χ1) is 16.3. The summed E-state index contributed by atoms with van der Waals surface area (Å²) in [7, 11) is 0. The maximum absolute atomic E-state index is 12.9. The molecule has 0 radical (unpaired) electrons. The first-order valence-corrected chi connectivity index (χ1v) is 13.5. The molecule has 1 aliphatic heterocycles. The predicted molar refractivity (Wildman–Crippen MR) is 138 cm³/mol. The van der Waals surface area contributed by atoms with Crippen molar-refractivity contribution >= 4 is 11.9 Å². The van der Waals surface area contributed by atoms with Crippen molar-refractivity contribution in [1.29, 1.82) is 0 Å². The van der Waals surface area contributed by atoms with Gasteiger partial charge in [-0.1, -0.05) is 52.3 Å². The Labute approximate surface area is 211 Å². The van der Waals surface area contributed by atoms with Crippen LogP contribution in [-0.4, -0.2) is 45.1 Å². The Morgan fingerprint density at radius 3 is 2.29 bits per heavy atom. The smallest absolute Gasteiger partial charge is 0.308 e. The van der Waals surface area contributed by atoms with E-state index < -0.39 is 35.7 Å². The monoisotopic (exact) mass is 492 g/mol. The molecule has 3 N–H and O–H groups in total. The highest BCUT2D eigenvalue weighted by Crippen LogP contribution is 2.43. The average molecular weight is 493 g/mol. The van der Waals surface area contributed by atoms with Gasteiger partial charge in [-0.3, -0.25) is 9.59 Å². The number of carboxylic acid groups (broad SMARTS) is 1. The van der Waals surface area contributed by atoms with Gasteiger partial charge < -0.3 is 20.1 Å². The first-order valence-electron chi connectivity index (χ1n) is 13.5. The van der Waals surface area contributed by atoms with Crippen LogP contribution in [0.1, 0.15) is 92.9 Å². The zero-order valence-electron chi connectivity index (χ0n) is 22.6. The van der Waals surface area contributed by atoms with E-state index in [-0.39, 0.29) is 24.2 Å². The van der Waals surface area contributed by atoms with Crippen LogP contribution in [0.15, 0.2) is 23.8 Å². The van der Waals surface area contributed by atoms with Gasteiger partial charge in [0.1, 0.15) is 5.60 Å². The SMILES string of the molecule is C/C1=C/C=C/CC(C)(C2CCC[C@H]2C(=O)O)OC(=O)C[C@H](O)[C@@H](C)C[C@@H](C)C[C@@H](C)C[C@H](C)[C@H]1O. The summed E-state index contributed by atoms with van der Waals surface area (Å²) in [4.78, 5) is 24.8. The molecule has 35 heavy (non-hydrogen) atoms. The number of carboxylic acids is 1. The Kier molecular flexibility index (Phi) is 11.0. The molecule has 0 aromatic carbocycles. The fourth-order valence-electron chi connectivity index (χ4n) is 6.43. The van der Waals surface area contributed by atoms with Crippen LogP contribution in [-0.2, 0) is 14.3 Å². The summed E-state index contributed by atoms with van der Waals surface area (Å²) in [5, 5.41) is 31.3. The highest BCUT2D eigenvalue weighted by Gasteiger charge is 2.47. The van der Waals surface area contributed by atoms with Crippen molar-refractivity contribution < 1.29 is 29.6 Å². The topological polar surface area (TPSA) is 104 Å². The Morgan fingerprint density at radius 2 is 1.66 bits per heavy atom. The van der Waals surface area contributed by atoms with Crippen molar-refractivity contribution in [3.8, 4) is 0 Å². The number of carbonyl (C=O) groups excluding carboxylic acids is 1. The Balaban J connectivity index is 2.33. The normalized spacial score (nSPS) is 43.3. The number of rotatable bonds is 2. The highest BCUT2D eigenvalue weighted by molar-refractivity contribution is 5.72. The van der Waals surface area contributed by atoms with Gasteiger partial charge in [0.2, 0.25) is 0 Å². The number of cyclic esters (lactones) is 1. The zero-order chi connectivity index (χ0) is 26.3. The molecule has 200 valence electrons. The third kappa shape index (κ3) is 8.45.